The number of anilines is 1. The predicted molar refractivity (Wildman–Crippen MR) is 105 cm³/mol. The molecule has 1 aliphatic rings. The molecule has 2 aromatic rings. The highest BCUT2D eigenvalue weighted by atomic mass is 19.1. The van der Waals surface area contributed by atoms with Crippen LogP contribution in [0.5, 0.6) is 0 Å². The topological polar surface area (TPSA) is 70.0 Å². The third kappa shape index (κ3) is 3.55. The van der Waals surface area contributed by atoms with Crippen LogP contribution in [0.4, 0.5) is 10.2 Å². The molecule has 1 atom stereocenters. The first-order valence-corrected chi connectivity index (χ1v) is 8.65. The molecular formula is C20H24FN5. The molecule has 1 unspecified atom stereocenters. The number of H-pyrrole nitrogens is 1. The highest BCUT2D eigenvalue weighted by Gasteiger charge is 2.27. The molecule has 0 aliphatic carbocycles. The van der Waals surface area contributed by atoms with E-state index in [2.05, 4.69) is 27.0 Å². The lowest BCUT2D eigenvalue weighted by atomic mass is 9.99. The average molecular weight is 353 g/mol. The molecule has 0 bridgehead atoms. The Bertz CT molecular complexity index is 819. The lowest BCUT2D eigenvalue weighted by Gasteiger charge is -2.18. The van der Waals surface area contributed by atoms with Gasteiger partial charge in [-0.15, -0.1) is 0 Å². The van der Waals surface area contributed by atoms with Gasteiger partial charge in [0.2, 0.25) is 0 Å². The third-order valence-electron chi connectivity index (χ3n) is 4.64. The summed E-state index contributed by atoms with van der Waals surface area (Å²) in [5.41, 5.74) is 9.20. The quantitative estimate of drug-likeness (QED) is 0.698. The Morgan fingerprint density at radius 2 is 2.19 bits per heavy atom. The fraction of sp³-hybridized carbons (Fsp3) is 0.250. The van der Waals surface area contributed by atoms with Crippen LogP contribution in [0.15, 0.2) is 55.3 Å². The molecule has 1 aliphatic heterocycles. The van der Waals surface area contributed by atoms with Crippen LogP contribution in [-0.2, 0) is 0 Å². The van der Waals surface area contributed by atoms with Crippen molar-refractivity contribution in [1.29, 1.82) is 0 Å². The van der Waals surface area contributed by atoms with E-state index in [0.29, 0.717) is 6.04 Å². The van der Waals surface area contributed by atoms with Gasteiger partial charge in [0.15, 0.2) is 5.82 Å². The number of aromatic amines is 1. The van der Waals surface area contributed by atoms with Gasteiger partial charge in [-0.2, -0.15) is 5.10 Å². The van der Waals surface area contributed by atoms with Crippen molar-refractivity contribution in [3.63, 3.8) is 0 Å². The molecule has 0 saturated carbocycles. The average Bonchev–Trinajstić information content (AvgIpc) is 3.29. The Hall–Kier alpha value is -2.86. The van der Waals surface area contributed by atoms with Crippen molar-refractivity contribution in [3.05, 3.63) is 66.7 Å². The summed E-state index contributed by atoms with van der Waals surface area (Å²) in [5.74, 6) is 0.600. The van der Waals surface area contributed by atoms with Crippen LogP contribution < -0.4 is 16.0 Å². The molecule has 0 amide bonds. The van der Waals surface area contributed by atoms with Gasteiger partial charge in [-0.25, -0.2) is 4.39 Å². The highest BCUT2D eigenvalue weighted by molar-refractivity contribution is 5.90. The minimum Gasteiger partial charge on any atom is -0.405 e. The predicted octanol–water partition coefficient (Wildman–Crippen LogP) is 3.06. The van der Waals surface area contributed by atoms with E-state index in [1.54, 1.807) is 18.2 Å². The Morgan fingerprint density at radius 1 is 1.42 bits per heavy atom. The lowest BCUT2D eigenvalue weighted by Crippen LogP contribution is -2.30. The zero-order chi connectivity index (χ0) is 18.5. The molecule has 5 nitrogen and oxygen atoms in total. The van der Waals surface area contributed by atoms with Crippen molar-refractivity contribution in [2.24, 2.45) is 5.73 Å². The largest absolute Gasteiger partial charge is 0.405 e. The SMILES string of the molecule is C=C/C=C(\C=C/N)c1c(N2CCC(NC)C2)n[nH]c1-c1ccc(F)cc1. The number of benzene rings is 1. The number of nitrogens with two attached hydrogens (primary N) is 1. The minimum atomic E-state index is -0.268. The molecule has 1 saturated heterocycles. The van der Waals surface area contributed by atoms with Crippen LogP contribution >= 0.6 is 0 Å². The Labute approximate surface area is 153 Å². The number of allylic oxidation sites excluding steroid dienone is 4. The molecule has 0 spiro atoms. The van der Waals surface area contributed by atoms with Crippen molar-refractivity contribution in [3.8, 4) is 11.3 Å². The van der Waals surface area contributed by atoms with Crippen LogP contribution in [0.3, 0.4) is 0 Å². The second kappa shape index (κ2) is 8.01. The number of nitrogens with one attached hydrogen (secondary N) is 2. The molecule has 1 fully saturated rings. The van der Waals surface area contributed by atoms with Crippen molar-refractivity contribution in [1.82, 2.24) is 15.5 Å². The van der Waals surface area contributed by atoms with Gasteiger partial charge in [0.25, 0.3) is 0 Å². The van der Waals surface area contributed by atoms with Crippen molar-refractivity contribution >= 4 is 11.4 Å². The first kappa shape index (κ1) is 17.9. The van der Waals surface area contributed by atoms with E-state index in [1.807, 2.05) is 19.2 Å². The van der Waals surface area contributed by atoms with Gasteiger partial charge in [-0.3, -0.25) is 5.10 Å². The molecule has 1 aromatic heterocycles. The van der Waals surface area contributed by atoms with E-state index >= 15 is 0 Å². The number of hydrogen-bond donors (Lipinski definition) is 3. The lowest BCUT2D eigenvalue weighted by molar-refractivity contribution is 0.616. The van der Waals surface area contributed by atoms with Crippen LogP contribution in [-0.4, -0.2) is 36.4 Å². The smallest absolute Gasteiger partial charge is 0.159 e. The molecule has 26 heavy (non-hydrogen) atoms. The number of aromatic nitrogens is 2. The maximum Gasteiger partial charge on any atom is 0.159 e. The second-order valence-corrected chi connectivity index (χ2v) is 6.24. The van der Waals surface area contributed by atoms with Gasteiger partial charge >= 0.3 is 0 Å². The zero-order valence-corrected chi connectivity index (χ0v) is 14.9. The fourth-order valence-corrected chi connectivity index (χ4v) is 3.30. The van der Waals surface area contributed by atoms with E-state index in [1.165, 1.54) is 18.3 Å². The summed E-state index contributed by atoms with van der Waals surface area (Å²) in [5, 5.41) is 11.0. The number of likely N-dealkylation sites (N-methyl/N-ethyl adjacent to an activating group) is 1. The Kier molecular flexibility index (Phi) is 5.53. The summed E-state index contributed by atoms with van der Waals surface area (Å²) in [6.07, 6.45) is 8.01. The van der Waals surface area contributed by atoms with Crippen molar-refractivity contribution < 1.29 is 4.39 Å². The molecule has 6 heteroatoms. The standard InChI is InChI=1S/C20H24FN5/c1-3-4-14(9-11-22)18-19(15-5-7-16(21)8-6-15)24-25-20(18)26-12-10-17(13-26)23-2/h3-9,11,17,23H,1,10,12-13,22H2,2H3,(H,24,25)/b11-9-,14-4+. The van der Waals surface area contributed by atoms with Gasteiger partial charge in [0.1, 0.15) is 5.82 Å². The van der Waals surface area contributed by atoms with Gasteiger partial charge in [-0.05, 0) is 55.6 Å². The maximum absolute atomic E-state index is 13.3. The molecule has 136 valence electrons. The van der Waals surface area contributed by atoms with Crippen LogP contribution in [0.1, 0.15) is 12.0 Å². The molecule has 0 radical (unpaired) electrons. The van der Waals surface area contributed by atoms with Gasteiger partial charge in [0, 0.05) is 24.7 Å². The molecule has 4 N–H and O–H groups in total. The summed E-state index contributed by atoms with van der Waals surface area (Å²) >= 11 is 0. The van der Waals surface area contributed by atoms with E-state index in [4.69, 9.17) is 5.73 Å². The zero-order valence-electron chi connectivity index (χ0n) is 14.9. The number of rotatable bonds is 6. The van der Waals surface area contributed by atoms with Crippen LogP contribution in [0, 0.1) is 5.82 Å². The second-order valence-electron chi connectivity index (χ2n) is 6.24. The van der Waals surface area contributed by atoms with Crippen molar-refractivity contribution in [2.75, 3.05) is 25.0 Å². The summed E-state index contributed by atoms with van der Waals surface area (Å²) in [6.45, 7) is 5.60. The fourth-order valence-electron chi connectivity index (χ4n) is 3.30. The van der Waals surface area contributed by atoms with Crippen LogP contribution in [0.2, 0.25) is 0 Å². The van der Waals surface area contributed by atoms with Gasteiger partial charge < -0.3 is 16.0 Å². The van der Waals surface area contributed by atoms with E-state index in [0.717, 1.165) is 47.7 Å². The summed E-state index contributed by atoms with van der Waals surface area (Å²) in [6, 6.07) is 6.82. The third-order valence-corrected chi connectivity index (χ3v) is 4.64. The van der Waals surface area contributed by atoms with Crippen molar-refractivity contribution in [2.45, 2.75) is 12.5 Å². The normalized spacial score (nSPS) is 18.0. The molecule has 2 heterocycles. The first-order chi connectivity index (χ1) is 12.7. The summed E-state index contributed by atoms with van der Waals surface area (Å²) in [7, 11) is 1.98. The Morgan fingerprint density at radius 3 is 2.81 bits per heavy atom. The molecule has 3 rings (SSSR count). The van der Waals surface area contributed by atoms with E-state index < -0.39 is 0 Å². The van der Waals surface area contributed by atoms with Crippen LogP contribution in [0.25, 0.3) is 16.8 Å². The van der Waals surface area contributed by atoms with Gasteiger partial charge in [0.05, 0.1) is 11.3 Å². The number of halogens is 1. The number of nitrogens with zero attached hydrogens (tertiary/aromatic N) is 2. The molecular weight excluding hydrogens is 329 g/mol. The van der Waals surface area contributed by atoms with E-state index in [9.17, 15) is 4.39 Å². The summed E-state index contributed by atoms with van der Waals surface area (Å²) in [4.78, 5) is 2.25. The Balaban J connectivity index is 2.12. The van der Waals surface area contributed by atoms with E-state index in [-0.39, 0.29) is 5.82 Å². The monoisotopic (exact) mass is 353 g/mol. The highest BCUT2D eigenvalue weighted by Crippen LogP contribution is 2.36. The molecule has 1 aromatic carbocycles. The van der Waals surface area contributed by atoms with Gasteiger partial charge in [-0.1, -0.05) is 18.7 Å². The summed E-state index contributed by atoms with van der Waals surface area (Å²) < 4.78 is 13.3. The minimum absolute atomic E-state index is 0.268. The maximum atomic E-state index is 13.3. The first-order valence-electron chi connectivity index (χ1n) is 8.65. The number of hydrogen-bond acceptors (Lipinski definition) is 4.